The van der Waals surface area contributed by atoms with E-state index >= 15 is 0 Å². The number of carboxylic acids is 1. The summed E-state index contributed by atoms with van der Waals surface area (Å²) in [5.41, 5.74) is 1.60. The second kappa shape index (κ2) is 11.3. The van der Waals surface area contributed by atoms with E-state index in [9.17, 15) is 19.5 Å². The van der Waals surface area contributed by atoms with Gasteiger partial charge in [-0.05, 0) is 23.3 Å². The van der Waals surface area contributed by atoms with Crippen LogP contribution in [-0.4, -0.2) is 42.8 Å². The molecule has 154 valence electrons. The summed E-state index contributed by atoms with van der Waals surface area (Å²) in [6.45, 7) is 0.163. The highest BCUT2D eigenvalue weighted by molar-refractivity contribution is 5.84. The first kappa shape index (κ1) is 21.7. The molecule has 0 unspecified atom stereocenters. The largest absolute Gasteiger partial charge is 0.497 e. The summed E-state index contributed by atoms with van der Waals surface area (Å²) < 4.78 is 10.1. The van der Waals surface area contributed by atoms with Crippen LogP contribution in [0.2, 0.25) is 0 Å². The highest BCUT2D eigenvalue weighted by Gasteiger charge is 2.20. The van der Waals surface area contributed by atoms with Crippen LogP contribution in [0, 0.1) is 0 Å². The zero-order valence-electron chi connectivity index (χ0n) is 16.1. The molecule has 0 bridgehead atoms. The van der Waals surface area contributed by atoms with Crippen LogP contribution in [-0.2, 0) is 27.4 Å². The maximum absolute atomic E-state index is 12.0. The second-order valence-electron chi connectivity index (χ2n) is 6.25. The van der Waals surface area contributed by atoms with Crippen LogP contribution in [0.1, 0.15) is 17.5 Å². The number of rotatable bonds is 10. The Bertz CT molecular complexity index is 808. The smallest absolute Gasteiger partial charge is 0.407 e. The molecule has 3 N–H and O–H groups in total. The van der Waals surface area contributed by atoms with Gasteiger partial charge in [-0.25, -0.2) is 9.59 Å². The molecule has 0 heterocycles. The summed E-state index contributed by atoms with van der Waals surface area (Å²) >= 11 is 0. The fourth-order valence-electron chi connectivity index (χ4n) is 2.52. The van der Waals surface area contributed by atoms with E-state index in [2.05, 4.69) is 10.6 Å². The minimum absolute atomic E-state index is 0.0360. The summed E-state index contributed by atoms with van der Waals surface area (Å²) in [7, 11) is 1.54. The Morgan fingerprint density at radius 1 is 1.00 bits per heavy atom. The normalized spacial score (nSPS) is 11.2. The number of hydrogen-bond donors (Lipinski definition) is 3. The van der Waals surface area contributed by atoms with Crippen molar-refractivity contribution < 1.29 is 29.0 Å². The fraction of sp³-hybridized carbons (Fsp3) is 0.286. The lowest BCUT2D eigenvalue weighted by atomic mass is 10.1. The number of aliphatic carboxylic acids is 1. The summed E-state index contributed by atoms with van der Waals surface area (Å²) in [5.74, 6) is -0.950. The van der Waals surface area contributed by atoms with Crippen LogP contribution in [0.3, 0.4) is 0 Å². The first-order valence-corrected chi connectivity index (χ1v) is 9.07. The lowest BCUT2D eigenvalue weighted by molar-refractivity contribution is -0.141. The van der Waals surface area contributed by atoms with Crippen molar-refractivity contribution in [3.8, 4) is 5.75 Å². The third-order valence-corrected chi connectivity index (χ3v) is 4.07. The van der Waals surface area contributed by atoms with Crippen LogP contribution in [0.5, 0.6) is 5.75 Å². The van der Waals surface area contributed by atoms with Gasteiger partial charge in [0.15, 0.2) is 0 Å². The van der Waals surface area contributed by atoms with Crippen molar-refractivity contribution in [2.45, 2.75) is 25.5 Å². The number of ether oxygens (including phenoxy) is 2. The minimum Gasteiger partial charge on any atom is -0.497 e. The van der Waals surface area contributed by atoms with Gasteiger partial charge in [0, 0.05) is 19.4 Å². The predicted octanol–water partition coefficient (Wildman–Crippen LogP) is 2.12. The molecular formula is C21H24N2O6. The molecule has 0 aliphatic carbocycles. The number of methoxy groups -OCH3 is 1. The predicted molar refractivity (Wildman–Crippen MR) is 106 cm³/mol. The van der Waals surface area contributed by atoms with Crippen molar-refractivity contribution in [3.63, 3.8) is 0 Å². The van der Waals surface area contributed by atoms with Crippen molar-refractivity contribution >= 4 is 18.0 Å². The van der Waals surface area contributed by atoms with Crippen molar-refractivity contribution in [2.24, 2.45) is 0 Å². The molecule has 0 radical (unpaired) electrons. The number of benzene rings is 2. The molecule has 0 spiro atoms. The monoisotopic (exact) mass is 400 g/mol. The van der Waals surface area contributed by atoms with Gasteiger partial charge in [0.2, 0.25) is 5.91 Å². The molecule has 0 fully saturated rings. The molecule has 2 aromatic carbocycles. The van der Waals surface area contributed by atoms with Crippen LogP contribution in [0.25, 0.3) is 0 Å². The molecule has 8 heteroatoms. The van der Waals surface area contributed by atoms with E-state index < -0.39 is 24.0 Å². The zero-order chi connectivity index (χ0) is 21.1. The molecule has 0 aliphatic rings. The van der Waals surface area contributed by atoms with Crippen molar-refractivity contribution in [1.82, 2.24) is 10.6 Å². The summed E-state index contributed by atoms with van der Waals surface area (Å²) in [6, 6.07) is 15.1. The fourth-order valence-corrected chi connectivity index (χ4v) is 2.52. The number of carboxylic acid groups (broad SMARTS) is 1. The van der Waals surface area contributed by atoms with Crippen LogP contribution < -0.4 is 15.4 Å². The molecule has 0 aromatic heterocycles. The lowest BCUT2D eigenvalue weighted by Gasteiger charge is -2.15. The molecule has 0 saturated heterocycles. The lowest BCUT2D eigenvalue weighted by Crippen LogP contribution is -2.43. The van der Waals surface area contributed by atoms with Gasteiger partial charge in [0.1, 0.15) is 18.4 Å². The Labute approximate surface area is 168 Å². The number of alkyl carbamates (subject to hydrolysis) is 1. The standard InChI is InChI=1S/C21H24N2O6/c1-28-17-9-7-15(8-10-17)13-18(20(25)26)23-19(24)11-12-22-21(27)29-14-16-5-3-2-4-6-16/h2-10,18H,11-14H2,1H3,(H,22,27)(H,23,24)(H,25,26)/t18-/m0/s1. The quantitative estimate of drug-likeness (QED) is 0.563. The summed E-state index contributed by atoms with van der Waals surface area (Å²) in [6.07, 6.45) is -0.570. The van der Waals surface area contributed by atoms with Crippen molar-refractivity contribution in [3.05, 3.63) is 65.7 Å². The molecule has 0 aliphatic heterocycles. The average molecular weight is 400 g/mol. The molecule has 0 saturated carbocycles. The number of nitrogens with one attached hydrogen (secondary N) is 2. The molecule has 2 aromatic rings. The van der Waals surface area contributed by atoms with Crippen LogP contribution >= 0.6 is 0 Å². The first-order valence-electron chi connectivity index (χ1n) is 9.07. The van der Waals surface area contributed by atoms with Gasteiger partial charge in [0.25, 0.3) is 0 Å². The number of carbonyl (C=O) groups excluding carboxylic acids is 2. The Balaban J connectivity index is 1.72. The van der Waals surface area contributed by atoms with Crippen LogP contribution in [0.4, 0.5) is 4.79 Å². The highest BCUT2D eigenvalue weighted by atomic mass is 16.5. The number of hydrogen-bond acceptors (Lipinski definition) is 5. The van der Waals surface area contributed by atoms with Gasteiger partial charge >= 0.3 is 12.1 Å². The Morgan fingerprint density at radius 3 is 2.31 bits per heavy atom. The van der Waals surface area contributed by atoms with E-state index in [-0.39, 0.29) is 26.0 Å². The topological polar surface area (TPSA) is 114 Å². The van der Waals surface area contributed by atoms with E-state index in [1.165, 1.54) is 0 Å². The average Bonchev–Trinajstić information content (AvgIpc) is 2.73. The number of amides is 2. The highest BCUT2D eigenvalue weighted by Crippen LogP contribution is 2.13. The third-order valence-electron chi connectivity index (χ3n) is 4.07. The van der Waals surface area contributed by atoms with E-state index in [0.29, 0.717) is 5.75 Å². The minimum atomic E-state index is -1.13. The van der Waals surface area contributed by atoms with E-state index in [0.717, 1.165) is 11.1 Å². The van der Waals surface area contributed by atoms with Gasteiger partial charge in [-0.3, -0.25) is 4.79 Å². The molecule has 8 nitrogen and oxygen atoms in total. The van der Waals surface area contributed by atoms with Crippen LogP contribution in [0.15, 0.2) is 54.6 Å². The van der Waals surface area contributed by atoms with E-state index in [1.54, 1.807) is 31.4 Å². The molecular weight excluding hydrogens is 376 g/mol. The molecule has 2 amide bonds. The number of carbonyl (C=O) groups is 3. The first-order chi connectivity index (χ1) is 14.0. The van der Waals surface area contributed by atoms with Gasteiger partial charge in [-0.15, -0.1) is 0 Å². The Kier molecular flexibility index (Phi) is 8.50. The molecule has 1 atom stereocenters. The second-order valence-corrected chi connectivity index (χ2v) is 6.25. The van der Waals surface area contributed by atoms with E-state index in [4.69, 9.17) is 9.47 Å². The van der Waals surface area contributed by atoms with Gasteiger partial charge in [-0.2, -0.15) is 0 Å². The Hall–Kier alpha value is -3.55. The maximum Gasteiger partial charge on any atom is 0.407 e. The molecule has 2 rings (SSSR count). The molecule has 29 heavy (non-hydrogen) atoms. The van der Waals surface area contributed by atoms with Gasteiger partial charge in [0.05, 0.1) is 7.11 Å². The zero-order valence-corrected chi connectivity index (χ0v) is 16.1. The third kappa shape index (κ3) is 7.92. The van der Waals surface area contributed by atoms with Gasteiger partial charge in [-0.1, -0.05) is 42.5 Å². The Morgan fingerprint density at radius 2 is 1.69 bits per heavy atom. The van der Waals surface area contributed by atoms with Gasteiger partial charge < -0.3 is 25.2 Å². The summed E-state index contributed by atoms with van der Waals surface area (Å²) in [4.78, 5) is 35.1. The van der Waals surface area contributed by atoms with E-state index in [1.807, 2.05) is 30.3 Å². The van der Waals surface area contributed by atoms with Crippen molar-refractivity contribution in [2.75, 3.05) is 13.7 Å². The maximum atomic E-state index is 12.0. The SMILES string of the molecule is COc1ccc(C[C@H](NC(=O)CCNC(=O)OCc2ccccc2)C(=O)O)cc1. The van der Waals surface area contributed by atoms with Crippen molar-refractivity contribution in [1.29, 1.82) is 0 Å². The summed E-state index contributed by atoms with van der Waals surface area (Å²) in [5, 5.41) is 14.3.